The monoisotopic (exact) mass is 467 g/mol. The zero-order valence-electron chi connectivity index (χ0n) is 17.0. The molecule has 164 valence electrons. The van der Waals surface area contributed by atoms with Gasteiger partial charge in [0.2, 0.25) is 0 Å². The number of piperidine rings is 1. The van der Waals surface area contributed by atoms with E-state index in [4.69, 9.17) is 36.9 Å². The minimum absolute atomic E-state index is 0.0474. The second kappa shape index (κ2) is 10.2. The summed E-state index contributed by atoms with van der Waals surface area (Å²) < 4.78 is 39.0. The molecule has 1 aromatic rings. The first-order valence-electron chi connectivity index (χ1n) is 9.34. The summed E-state index contributed by atoms with van der Waals surface area (Å²) in [5.41, 5.74) is 0.730. The first-order chi connectivity index (χ1) is 13.5. The number of amides is 1. The number of rotatable bonds is 7. The van der Waals surface area contributed by atoms with Gasteiger partial charge in [-0.1, -0.05) is 23.2 Å². The van der Waals surface area contributed by atoms with Crippen LogP contribution in [0.25, 0.3) is 0 Å². The smallest absolute Gasteiger partial charge is 0.410 e. The molecule has 0 N–H and O–H groups in total. The molecule has 1 saturated heterocycles. The average Bonchev–Trinajstić information content (AvgIpc) is 2.63. The maximum atomic E-state index is 12.1. The van der Waals surface area contributed by atoms with Gasteiger partial charge in [-0.25, -0.2) is 4.79 Å². The van der Waals surface area contributed by atoms with E-state index < -0.39 is 10.1 Å². The van der Waals surface area contributed by atoms with Gasteiger partial charge in [0.25, 0.3) is 10.1 Å². The highest BCUT2D eigenvalue weighted by Crippen LogP contribution is 2.41. The third-order valence-electron chi connectivity index (χ3n) is 4.84. The summed E-state index contributed by atoms with van der Waals surface area (Å²) >= 11 is 12.3. The fourth-order valence-electron chi connectivity index (χ4n) is 3.45. The average molecular weight is 468 g/mol. The molecule has 1 aliphatic rings. The Morgan fingerprint density at radius 3 is 2.31 bits per heavy atom. The van der Waals surface area contributed by atoms with Crippen LogP contribution in [0.1, 0.15) is 38.2 Å². The van der Waals surface area contributed by atoms with E-state index in [0.717, 1.165) is 11.8 Å². The van der Waals surface area contributed by atoms with E-state index in [0.29, 0.717) is 41.7 Å². The van der Waals surface area contributed by atoms with Gasteiger partial charge >= 0.3 is 6.09 Å². The minimum Gasteiger partial charge on any atom is -0.496 e. The molecule has 1 unspecified atom stereocenters. The predicted octanol–water partition coefficient (Wildman–Crippen LogP) is 4.32. The van der Waals surface area contributed by atoms with Gasteiger partial charge in [-0.2, -0.15) is 8.42 Å². The summed E-state index contributed by atoms with van der Waals surface area (Å²) in [4.78, 5) is 13.8. The summed E-state index contributed by atoms with van der Waals surface area (Å²) in [6.45, 7) is 4.58. The lowest BCUT2D eigenvalue weighted by Crippen LogP contribution is -2.41. The molecule has 1 fully saturated rings. The van der Waals surface area contributed by atoms with E-state index in [1.165, 1.54) is 7.11 Å². The minimum atomic E-state index is -3.63. The Morgan fingerprint density at radius 2 is 1.79 bits per heavy atom. The fraction of sp³-hybridized carbons (Fsp3) is 0.632. The summed E-state index contributed by atoms with van der Waals surface area (Å²) in [7, 11) is -2.11. The molecule has 1 amide bonds. The van der Waals surface area contributed by atoms with Crippen LogP contribution in [0.2, 0.25) is 10.0 Å². The van der Waals surface area contributed by atoms with Gasteiger partial charge < -0.3 is 14.4 Å². The highest BCUT2D eigenvalue weighted by molar-refractivity contribution is 7.85. The summed E-state index contributed by atoms with van der Waals surface area (Å²) in [6, 6.07) is 3.31. The SMILES string of the molecule is COc1cc(Cl)c(Cl)cc1C(COS(C)(=O)=O)C1CCN(C(=O)OC(C)C)CC1. The van der Waals surface area contributed by atoms with Gasteiger partial charge in [0.1, 0.15) is 5.75 Å². The van der Waals surface area contributed by atoms with Crippen LogP contribution in [-0.4, -0.2) is 58.6 Å². The van der Waals surface area contributed by atoms with Crippen molar-refractivity contribution < 1.29 is 26.9 Å². The summed E-state index contributed by atoms with van der Waals surface area (Å²) in [5.74, 6) is 0.284. The van der Waals surface area contributed by atoms with Crippen LogP contribution >= 0.6 is 23.2 Å². The molecule has 0 spiro atoms. The number of ether oxygens (including phenoxy) is 2. The van der Waals surface area contributed by atoms with Crippen molar-refractivity contribution in [3.63, 3.8) is 0 Å². The third-order valence-corrected chi connectivity index (χ3v) is 6.12. The van der Waals surface area contributed by atoms with E-state index in [-0.39, 0.29) is 30.6 Å². The molecular formula is C19H27Cl2NO6S. The van der Waals surface area contributed by atoms with Gasteiger partial charge in [-0.3, -0.25) is 4.18 Å². The number of benzene rings is 1. The molecule has 1 aliphatic heterocycles. The van der Waals surface area contributed by atoms with Crippen molar-refractivity contribution in [1.29, 1.82) is 0 Å². The van der Waals surface area contributed by atoms with Crippen molar-refractivity contribution in [2.24, 2.45) is 5.92 Å². The van der Waals surface area contributed by atoms with Crippen LogP contribution in [0, 0.1) is 5.92 Å². The Kier molecular flexibility index (Phi) is 8.46. The molecule has 0 aromatic heterocycles. The van der Waals surface area contributed by atoms with Crippen molar-refractivity contribution in [2.45, 2.75) is 38.7 Å². The van der Waals surface area contributed by atoms with E-state index in [2.05, 4.69) is 0 Å². The molecule has 1 aromatic carbocycles. The molecule has 29 heavy (non-hydrogen) atoms. The predicted molar refractivity (Wildman–Crippen MR) is 112 cm³/mol. The Hall–Kier alpha value is -1.22. The van der Waals surface area contributed by atoms with Crippen LogP contribution in [0.3, 0.4) is 0 Å². The van der Waals surface area contributed by atoms with Crippen molar-refractivity contribution in [1.82, 2.24) is 4.90 Å². The maximum Gasteiger partial charge on any atom is 0.410 e. The molecule has 7 nitrogen and oxygen atoms in total. The Bertz CT molecular complexity index is 822. The highest BCUT2D eigenvalue weighted by atomic mass is 35.5. The molecule has 0 bridgehead atoms. The summed E-state index contributed by atoms with van der Waals surface area (Å²) in [5, 5.41) is 0.700. The number of nitrogens with zero attached hydrogens (tertiary/aromatic N) is 1. The number of carbonyl (C=O) groups excluding carboxylic acids is 1. The topological polar surface area (TPSA) is 82.1 Å². The Morgan fingerprint density at radius 1 is 1.21 bits per heavy atom. The van der Waals surface area contributed by atoms with Crippen molar-refractivity contribution >= 4 is 39.4 Å². The van der Waals surface area contributed by atoms with Gasteiger partial charge in [0.15, 0.2) is 0 Å². The third kappa shape index (κ3) is 6.91. The lowest BCUT2D eigenvalue weighted by Gasteiger charge is -2.36. The molecule has 10 heteroatoms. The molecule has 1 atom stereocenters. The quantitative estimate of drug-likeness (QED) is 0.555. The lowest BCUT2D eigenvalue weighted by atomic mass is 9.80. The molecule has 2 rings (SSSR count). The number of methoxy groups -OCH3 is 1. The zero-order valence-corrected chi connectivity index (χ0v) is 19.3. The Balaban J connectivity index is 2.24. The first-order valence-corrected chi connectivity index (χ1v) is 11.9. The standard InChI is InChI=1S/C19H27Cl2NO6S/c1-12(2)28-19(23)22-7-5-13(6-8-22)15(11-27-29(4,24)25)14-9-16(20)17(21)10-18(14)26-3/h9-10,12-13,15H,5-8,11H2,1-4H3. The number of carbonyl (C=O) groups is 1. The van der Waals surface area contributed by atoms with Crippen molar-refractivity contribution in [3.05, 3.63) is 27.7 Å². The number of hydrogen-bond donors (Lipinski definition) is 0. The van der Waals surface area contributed by atoms with Crippen LogP contribution < -0.4 is 4.74 Å². The van der Waals surface area contributed by atoms with Gasteiger partial charge in [0, 0.05) is 30.6 Å². The summed E-state index contributed by atoms with van der Waals surface area (Å²) in [6.07, 6.45) is 1.81. The molecular weight excluding hydrogens is 441 g/mol. The van der Waals surface area contributed by atoms with Crippen LogP contribution in [0.5, 0.6) is 5.75 Å². The van der Waals surface area contributed by atoms with Gasteiger partial charge in [-0.15, -0.1) is 0 Å². The van der Waals surface area contributed by atoms with Gasteiger partial charge in [-0.05, 0) is 38.7 Å². The molecule has 0 saturated carbocycles. The van der Waals surface area contributed by atoms with Gasteiger partial charge in [0.05, 0.1) is 36.1 Å². The molecule has 1 heterocycles. The first kappa shape index (κ1) is 24.1. The molecule has 0 aliphatic carbocycles. The van der Waals surface area contributed by atoms with E-state index in [1.807, 2.05) is 0 Å². The number of likely N-dealkylation sites (tertiary alicyclic amines) is 1. The van der Waals surface area contributed by atoms with Crippen molar-refractivity contribution in [2.75, 3.05) is 33.1 Å². The second-order valence-electron chi connectivity index (χ2n) is 7.36. The molecule has 0 radical (unpaired) electrons. The number of halogens is 2. The van der Waals surface area contributed by atoms with Crippen LogP contribution in [0.15, 0.2) is 12.1 Å². The number of hydrogen-bond acceptors (Lipinski definition) is 6. The maximum absolute atomic E-state index is 12.1. The normalized spacial score (nSPS) is 16.7. The van der Waals surface area contributed by atoms with Crippen LogP contribution in [0.4, 0.5) is 4.79 Å². The largest absolute Gasteiger partial charge is 0.496 e. The lowest BCUT2D eigenvalue weighted by molar-refractivity contribution is 0.0615. The van der Waals surface area contributed by atoms with E-state index in [9.17, 15) is 13.2 Å². The zero-order chi connectivity index (χ0) is 21.8. The van der Waals surface area contributed by atoms with Crippen molar-refractivity contribution in [3.8, 4) is 5.75 Å². The Labute approximate surface area is 182 Å². The second-order valence-corrected chi connectivity index (χ2v) is 9.82. The van der Waals surface area contributed by atoms with Crippen LogP contribution in [-0.2, 0) is 19.0 Å². The van der Waals surface area contributed by atoms with E-state index >= 15 is 0 Å². The highest BCUT2D eigenvalue weighted by Gasteiger charge is 2.33. The van der Waals surface area contributed by atoms with E-state index in [1.54, 1.807) is 30.9 Å². The fourth-order valence-corrected chi connectivity index (χ4v) is 4.17.